The normalized spacial score (nSPS) is 11.3. The molecule has 0 fully saturated rings. The molecular formula is C9H12I2. The molecule has 0 saturated heterocycles. The molecule has 0 aliphatic heterocycles. The average molecular weight is 374 g/mol. The van der Waals surface area contributed by atoms with Crippen molar-refractivity contribution in [1.29, 1.82) is 0 Å². The van der Waals surface area contributed by atoms with Crippen molar-refractivity contribution in [2.75, 3.05) is 9.36 Å². The van der Waals surface area contributed by atoms with E-state index in [-0.39, 0.29) is 0 Å². The van der Waals surface area contributed by atoms with Crippen LogP contribution in [0, 0.1) is 0 Å². The van der Waals surface area contributed by atoms with Gasteiger partial charge in [-0.1, -0.05) is 0 Å². The van der Waals surface area contributed by atoms with Gasteiger partial charge >= 0.3 is 86.1 Å². The topological polar surface area (TPSA) is 0 Å². The summed E-state index contributed by atoms with van der Waals surface area (Å²) in [6.07, 6.45) is 1.28. The van der Waals surface area contributed by atoms with Crippen molar-refractivity contribution in [3.63, 3.8) is 0 Å². The zero-order chi connectivity index (χ0) is 8.10. The maximum atomic E-state index is 2.63. The minimum absolute atomic E-state index is 0.518. The van der Waals surface area contributed by atoms with Gasteiger partial charge in [0.15, 0.2) is 0 Å². The van der Waals surface area contributed by atoms with Crippen molar-refractivity contribution < 1.29 is 0 Å². The molecule has 0 atom stereocenters. The Balaban J connectivity index is 2.39. The molecular weight excluding hydrogens is 362 g/mol. The molecule has 2 heteroatoms. The van der Waals surface area contributed by atoms with Crippen LogP contribution in [0.15, 0.2) is 30.3 Å². The molecule has 0 nitrogen and oxygen atoms in total. The van der Waals surface area contributed by atoms with Crippen LogP contribution < -0.4 is 0 Å². The Kier molecular flexibility index (Phi) is 4.75. The summed E-state index contributed by atoms with van der Waals surface area (Å²) in [5, 5.41) is 0. The first-order chi connectivity index (χ1) is 5.29. The van der Waals surface area contributed by atoms with Crippen molar-refractivity contribution in [1.82, 2.24) is 0 Å². The van der Waals surface area contributed by atoms with Gasteiger partial charge in [0, 0.05) is 0 Å². The molecule has 0 aliphatic carbocycles. The first kappa shape index (κ1) is 9.77. The number of aryl methyl sites for hydroxylation is 1. The second kappa shape index (κ2) is 5.35. The monoisotopic (exact) mass is 374 g/mol. The van der Waals surface area contributed by atoms with Gasteiger partial charge in [0.25, 0.3) is 0 Å². The molecule has 1 rings (SSSR count). The van der Waals surface area contributed by atoms with E-state index >= 15 is 0 Å². The van der Waals surface area contributed by atoms with Crippen LogP contribution in [0.25, 0.3) is 0 Å². The van der Waals surface area contributed by atoms with Crippen molar-refractivity contribution in [2.45, 2.75) is 6.42 Å². The predicted molar refractivity (Wildman–Crippen MR) is 69.0 cm³/mol. The van der Waals surface area contributed by atoms with Crippen LogP contribution in [-0.4, -0.2) is 9.36 Å². The summed E-state index contributed by atoms with van der Waals surface area (Å²) in [5.74, 6) is 0. The molecule has 0 saturated carbocycles. The third-order valence-corrected chi connectivity index (χ3v) is 6.25. The third kappa shape index (κ3) is 4.30. The molecule has 11 heavy (non-hydrogen) atoms. The van der Waals surface area contributed by atoms with Gasteiger partial charge in [0.1, 0.15) is 0 Å². The number of hydrogen-bond acceptors (Lipinski definition) is 0. The van der Waals surface area contributed by atoms with Crippen LogP contribution in [0.3, 0.4) is 0 Å². The van der Waals surface area contributed by atoms with Crippen LogP contribution in [-0.2, 0) is 6.42 Å². The van der Waals surface area contributed by atoms with E-state index in [1.807, 2.05) is 0 Å². The van der Waals surface area contributed by atoms with Crippen LogP contribution >= 0.6 is 34.5 Å². The first-order valence-corrected chi connectivity index (χ1v) is 13.5. The zero-order valence-electron chi connectivity index (χ0n) is 6.56. The second-order valence-electron chi connectivity index (χ2n) is 2.44. The molecule has 0 bridgehead atoms. The zero-order valence-corrected chi connectivity index (χ0v) is 10.9. The maximum absolute atomic E-state index is 2.63. The predicted octanol–water partition coefficient (Wildman–Crippen LogP) is 3.72. The summed E-state index contributed by atoms with van der Waals surface area (Å²) in [7, 11) is 0. The number of halogens is 2. The molecule has 0 spiro atoms. The van der Waals surface area contributed by atoms with Gasteiger partial charge in [0.05, 0.1) is 0 Å². The molecule has 1 aromatic rings. The van der Waals surface area contributed by atoms with E-state index in [0.29, 0.717) is 0 Å². The summed E-state index contributed by atoms with van der Waals surface area (Å²) < 4.78 is 1.44. The fourth-order valence-corrected chi connectivity index (χ4v) is 3.62. The van der Waals surface area contributed by atoms with Gasteiger partial charge in [-0.3, -0.25) is 0 Å². The number of hydrogen-bond donors (Lipinski definition) is 0. The Morgan fingerprint density at radius 3 is 2.45 bits per heavy atom. The molecule has 0 N–H and O–H groups in total. The quantitative estimate of drug-likeness (QED) is 0.559. The Hall–Kier alpha value is 0.680. The van der Waals surface area contributed by atoms with Gasteiger partial charge < -0.3 is 0 Å². The van der Waals surface area contributed by atoms with E-state index in [0.717, 1.165) is 0 Å². The molecule has 1 aromatic carbocycles. The first-order valence-electron chi connectivity index (χ1n) is 3.55. The molecule has 0 radical (unpaired) electrons. The number of alkyl halides is 2. The SMILES string of the molecule is CI(I)CCc1ccccc1. The third-order valence-electron chi connectivity index (χ3n) is 1.49. The van der Waals surface area contributed by atoms with Gasteiger partial charge in [-0.2, -0.15) is 0 Å². The van der Waals surface area contributed by atoms with Crippen molar-refractivity contribution in [2.24, 2.45) is 0 Å². The molecule has 0 amide bonds. The number of rotatable bonds is 3. The van der Waals surface area contributed by atoms with E-state index in [4.69, 9.17) is 0 Å². The fraction of sp³-hybridized carbons (Fsp3) is 0.333. The summed E-state index contributed by atoms with van der Waals surface area (Å²) in [6.45, 7) is 0. The fourth-order valence-electron chi connectivity index (χ4n) is 0.884. The average Bonchev–Trinajstić information content (AvgIpc) is 2.03. The Bertz CT molecular complexity index is 194. The Morgan fingerprint density at radius 2 is 1.91 bits per heavy atom. The Labute approximate surface area is 85.3 Å². The van der Waals surface area contributed by atoms with E-state index in [1.165, 1.54) is 16.4 Å². The van der Waals surface area contributed by atoms with Crippen LogP contribution in [0.4, 0.5) is 0 Å². The van der Waals surface area contributed by atoms with Crippen molar-refractivity contribution >= 4 is 34.5 Å². The minimum atomic E-state index is -0.518. The molecule has 0 unspecified atom stereocenters. The standard InChI is InChI=1S/C9H12I2/c1-11(10)8-7-9-5-3-2-4-6-9/h2-6H,7-8H2,1H3. The van der Waals surface area contributed by atoms with Crippen molar-refractivity contribution in [3.05, 3.63) is 35.9 Å². The van der Waals surface area contributed by atoms with Gasteiger partial charge in [-0.05, 0) is 0 Å². The Morgan fingerprint density at radius 1 is 1.27 bits per heavy atom. The second-order valence-corrected chi connectivity index (χ2v) is 15.8. The summed E-state index contributed by atoms with van der Waals surface area (Å²) in [6, 6.07) is 10.8. The number of benzene rings is 1. The van der Waals surface area contributed by atoms with Gasteiger partial charge in [-0.15, -0.1) is 0 Å². The van der Waals surface area contributed by atoms with E-state index in [1.54, 1.807) is 0 Å². The summed E-state index contributed by atoms with van der Waals surface area (Å²) in [5.41, 5.74) is 1.49. The summed E-state index contributed by atoms with van der Waals surface area (Å²) in [4.78, 5) is 2.41. The van der Waals surface area contributed by atoms with Crippen LogP contribution in [0.2, 0.25) is 0 Å². The van der Waals surface area contributed by atoms with E-state index in [9.17, 15) is 0 Å². The van der Waals surface area contributed by atoms with Gasteiger partial charge in [0.2, 0.25) is 0 Å². The summed E-state index contributed by atoms with van der Waals surface area (Å²) >= 11 is 2.11. The molecule has 62 valence electrons. The van der Waals surface area contributed by atoms with Gasteiger partial charge in [-0.25, -0.2) is 0 Å². The van der Waals surface area contributed by atoms with E-state index < -0.39 is 15.8 Å². The van der Waals surface area contributed by atoms with Crippen LogP contribution in [0.5, 0.6) is 0 Å². The van der Waals surface area contributed by atoms with Crippen molar-refractivity contribution in [3.8, 4) is 0 Å². The molecule has 0 aliphatic rings. The molecule has 0 heterocycles. The van der Waals surface area contributed by atoms with Crippen LogP contribution in [0.1, 0.15) is 5.56 Å². The van der Waals surface area contributed by atoms with E-state index in [2.05, 4.69) is 53.9 Å². The molecule has 0 aromatic heterocycles.